The van der Waals surface area contributed by atoms with Crippen molar-refractivity contribution in [2.45, 2.75) is 85.2 Å². The molecule has 1 aliphatic heterocycles. The Balaban J connectivity index is 0.00000161. The van der Waals surface area contributed by atoms with Gasteiger partial charge in [-0.3, -0.25) is 9.69 Å². The number of likely N-dealkylation sites (tertiary alicyclic amines) is 1. The summed E-state index contributed by atoms with van der Waals surface area (Å²) in [4.78, 5) is 14.4. The van der Waals surface area contributed by atoms with Gasteiger partial charge in [-0.25, -0.2) is 0 Å². The number of allylic oxidation sites excluding steroid dienone is 6. The Hall–Kier alpha value is -1.91. The number of carbonyl (C=O) groups excluding carboxylic acids is 1. The zero-order valence-electron chi connectivity index (χ0n) is 20.7. The molecule has 0 saturated carbocycles. The fourth-order valence-corrected chi connectivity index (χ4v) is 3.61. The van der Waals surface area contributed by atoms with Gasteiger partial charge in [-0.05, 0) is 85.4 Å². The van der Waals surface area contributed by atoms with E-state index in [1.807, 2.05) is 32.1 Å². The zero-order chi connectivity index (χ0) is 23.7. The molecule has 1 aliphatic rings. The largest absolute Gasteiger partial charge is 0.390 e. The minimum Gasteiger partial charge on any atom is -0.390 e. The van der Waals surface area contributed by atoms with E-state index < -0.39 is 5.60 Å². The molecule has 0 radical (unpaired) electrons. The van der Waals surface area contributed by atoms with Crippen molar-refractivity contribution in [3.8, 4) is 0 Å². The van der Waals surface area contributed by atoms with Crippen molar-refractivity contribution in [1.82, 2.24) is 10.2 Å². The minimum atomic E-state index is -0.561. The first-order chi connectivity index (χ1) is 14.7. The number of carbonyl (C=O) groups is 1. The highest BCUT2D eigenvalue weighted by molar-refractivity contribution is 5.94. The van der Waals surface area contributed by atoms with Gasteiger partial charge in [0.1, 0.15) is 0 Å². The van der Waals surface area contributed by atoms with E-state index in [4.69, 9.17) is 0 Å². The van der Waals surface area contributed by atoms with Crippen LogP contribution in [0.25, 0.3) is 0 Å². The van der Waals surface area contributed by atoms with Crippen LogP contribution in [-0.4, -0.2) is 41.1 Å². The van der Waals surface area contributed by atoms with Gasteiger partial charge in [0.05, 0.1) is 5.60 Å². The van der Waals surface area contributed by atoms with E-state index in [0.717, 1.165) is 63.6 Å². The van der Waals surface area contributed by atoms with Gasteiger partial charge in [0, 0.05) is 18.7 Å². The highest BCUT2D eigenvalue weighted by Gasteiger charge is 2.30. The summed E-state index contributed by atoms with van der Waals surface area (Å²) in [6.45, 7) is 19.9. The van der Waals surface area contributed by atoms with E-state index in [1.165, 1.54) is 17.3 Å². The van der Waals surface area contributed by atoms with Gasteiger partial charge in [0.25, 0.3) is 5.91 Å². The SMILES string of the molecule is C=C/C=C\C.C=CNC(=O)/C(=C\CC)CN1CCCC(O)(CCCC(C)=C(C)C)CC1. The van der Waals surface area contributed by atoms with E-state index >= 15 is 0 Å². The summed E-state index contributed by atoms with van der Waals surface area (Å²) < 4.78 is 0. The van der Waals surface area contributed by atoms with Crippen LogP contribution >= 0.6 is 0 Å². The maximum absolute atomic E-state index is 12.1. The first kappa shape index (κ1) is 29.1. The Bertz CT molecular complexity index is 642. The molecule has 0 aromatic heterocycles. The van der Waals surface area contributed by atoms with Gasteiger partial charge in [-0.1, -0.05) is 55.5 Å². The summed E-state index contributed by atoms with van der Waals surface area (Å²) in [5.41, 5.74) is 3.05. The summed E-state index contributed by atoms with van der Waals surface area (Å²) in [7, 11) is 0. The van der Waals surface area contributed by atoms with Crippen LogP contribution in [-0.2, 0) is 4.79 Å². The van der Waals surface area contributed by atoms with Gasteiger partial charge in [0.2, 0.25) is 0 Å². The Labute approximate surface area is 191 Å². The van der Waals surface area contributed by atoms with Crippen LogP contribution in [0.2, 0.25) is 0 Å². The topological polar surface area (TPSA) is 52.6 Å². The molecule has 0 aromatic carbocycles. The van der Waals surface area contributed by atoms with Crippen molar-refractivity contribution in [1.29, 1.82) is 0 Å². The molecular weight excluding hydrogens is 384 g/mol. The lowest BCUT2D eigenvalue weighted by Gasteiger charge is -2.27. The van der Waals surface area contributed by atoms with Crippen LogP contribution in [0.5, 0.6) is 0 Å². The van der Waals surface area contributed by atoms with Crippen molar-refractivity contribution in [3.05, 3.63) is 60.4 Å². The van der Waals surface area contributed by atoms with Crippen LogP contribution in [0.15, 0.2) is 60.4 Å². The minimum absolute atomic E-state index is 0.0708. The number of aliphatic hydroxyl groups is 1. The van der Waals surface area contributed by atoms with Crippen LogP contribution in [0.1, 0.15) is 79.6 Å². The van der Waals surface area contributed by atoms with Crippen LogP contribution in [0.3, 0.4) is 0 Å². The van der Waals surface area contributed by atoms with E-state index in [-0.39, 0.29) is 5.91 Å². The maximum Gasteiger partial charge on any atom is 0.252 e. The molecule has 31 heavy (non-hydrogen) atoms. The molecule has 176 valence electrons. The number of nitrogens with one attached hydrogen (secondary N) is 1. The van der Waals surface area contributed by atoms with Crippen molar-refractivity contribution in [3.63, 3.8) is 0 Å². The number of nitrogens with zero attached hydrogens (tertiary/aromatic N) is 1. The van der Waals surface area contributed by atoms with Gasteiger partial charge in [0.15, 0.2) is 0 Å². The molecule has 1 rings (SSSR count). The van der Waals surface area contributed by atoms with Crippen molar-refractivity contribution < 1.29 is 9.90 Å². The Kier molecular flexibility index (Phi) is 15.7. The van der Waals surface area contributed by atoms with Crippen LogP contribution < -0.4 is 5.32 Å². The van der Waals surface area contributed by atoms with Gasteiger partial charge in [-0.15, -0.1) is 0 Å². The number of amides is 1. The molecule has 1 saturated heterocycles. The van der Waals surface area contributed by atoms with E-state index in [9.17, 15) is 9.90 Å². The molecule has 4 heteroatoms. The third-order valence-electron chi connectivity index (χ3n) is 5.76. The lowest BCUT2D eigenvalue weighted by molar-refractivity contribution is -0.116. The van der Waals surface area contributed by atoms with Crippen LogP contribution in [0.4, 0.5) is 0 Å². The van der Waals surface area contributed by atoms with Crippen molar-refractivity contribution in [2.75, 3.05) is 19.6 Å². The zero-order valence-corrected chi connectivity index (χ0v) is 20.7. The first-order valence-electron chi connectivity index (χ1n) is 11.6. The van der Waals surface area contributed by atoms with Gasteiger partial charge in [-0.2, -0.15) is 0 Å². The highest BCUT2D eigenvalue weighted by atomic mass is 16.3. The molecule has 0 aliphatic carbocycles. The summed E-state index contributed by atoms with van der Waals surface area (Å²) in [6, 6.07) is 0. The second-order valence-electron chi connectivity index (χ2n) is 8.56. The van der Waals surface area contributed by atoms with Gasteiger partial charge >= 0.3 is 0 Å². The fraction of sp³-hybridized carbons (Fsp3) is 0.593. The second kappa shape index (κ2) is 16.7. The summed E-state index contributed by atoms with van der Waals surface area (Å²) in [6.07, 6.45) is 15.4. The number of hydrogen-bond acceptors (Lipinski definition) is 3. The standard InChI is InChI=1S/C22H38N2O2.C5H8/c1-6-10-20(21(25)23-7-2)17-24-15-9-13-22(26,14-16-24)12-8-11-19(5)18(3)4;1-3-5-4-2/h7,10,26H,2,6,8-9,11-17H2,1,3-5H3,(H,23,25);3-5H,1H2,2H3/b20-10-;5-4-. The third-order valence-corrected chi connectivity index (χ3v) is 5.76. The fourth-order valence-electron chi connectivity index (χ4n) is 3.61. The van der Waals surface area contributed by atoms with Crippen LogP contribution in [0, 0.1) is 0 Å². The lowest BCUT2D eigenvalue weighted by atomic mass is 9.88. The van der Waals surface area contributed by atoms with Crippen molar-refractivity contribution >= 4 is 5.91 Å². The molecular formula is C27H46N2O2. The quantitative estimate of drug-likeness (QED) is 0.251. The summed E-state index contributed by atoms with van der Waals surface area (Å²) in [5.74, 6) is -0.0708. The Morgan fingerprint density at radius 1 is 1.19 bits per heavy atom. The highest BCUT2D eigenvalue weighted by Crippen LogP contribution is 2.29. The Morgan fingerprint density at radius 2 is 1.90 bits per heavy atom. The number of rotatable bonds is 10. The third kappa shape index (κ3) is 13.2. The lowest BCUT2D eigenvalue weighted by Crippen LogP contribution is -2.34. The molecule has 1 unspecified atom stereocenters. The monoisotopic (exact) mass is 430 g/mol. The molecule has 2 N–H and O–H groups in total. The average Bonchev–Trinajstić information content (AvgIpc) is 2.90. The molecule has 0 spiro atoms. The average molecular weight is 431 g/mol. The Morgan fingerprint density at radius 3 is 2.42 bits per heavy atom. The number of hydrogen-bond donors (Lipinski definition) is 2. The van der Waals surface area contributed by atoms with E-state index in [1.54, 1.807) is 6.08 Å². The van der Waals surface area contributed by atoms with Crippen molar-refractivity contribution in [2.24, 2.45) is 0 Å². The smallest absolute Gasteiger partial charge is 0.252 e. The molecule has 0 aromatic rings. The van der Waals surface area contributed by atoms with Gasteiger partial charge < -0.3 is 10.4 Å². The molecule has 1 amide bonds. The second-order valence-corrected chi connectivity index (χ2v) is 8.56. The molecule has 1 heterocycles. The molecule has 1 fully saturated rings. The molecule has 1 atom stereocenters. The van der Waals surface area contributed by atoms with E-state index in [0.29, 0.717) is 6.54 Å². The maximum atomic E-state index is 12.1. The predicted octanol–water partition coefficient (Wildman–Crippen LogP) is 6.07. The normalized spacial score (nSPS) is 19.7. The van der Waals surface area contributed by atoms with E-state index in [2.05, 4.69) is 44.1 Å². The summed E-state index contributed by atoms with van der Waals surface area (Å²) >= 11 is 0. The first-order valence-corrected chi connectivity index (χ1v) is 11.6. The predicted molar refractivity (Wildman–Crippen MR) is 135 cm³/mol. The molecule has 4 nitrogen and oxygen atoms in total. The molecule has 0 bridgehead atoms. The summed E-state index contributed by atoms with van der Waals surface area (Å²) in [5, 5.41) is 13.7.